The zero-order chi connectivity index (χ0) is 15.2. The van der Waals surface area contributed by atoms with Gasteiger partial charge >= 0.3 is 0 Å². The largest absolute Gasteiger partial charge is 0.308 e. The van der Waals surface area contributed by atoms with Crippen LogP contribution >= 0.6 is 27.7 Å². The number of thioether (sulfide) groups is 1. The summed E-state index contributed by atoms with van der Waals surface area (Å²) in [5.74, 6) is 3.26. The van der Waals surface area contributed by atoms with Crippen molar-refractivity contribution in [3.05, 3.63) is 16.4 Å². The molecule has 6 heteroatoms. The number of hydrogen-bond donors (Lipinski definition) is 1. The fourth-order valence-electron chi connectivity index (χ4n) is 2.76. The van der Waals surface area contributed by atoms with E-state index in [0.29, 0.717) is 12.0 Å². The van der Waals surface area contributed by atoms with E-state index in [-0.39, 0.29) is 0 Å². The highest BCUT2D eigenvalue weighted by atomic mass is 79.9. The van der Waals surface area contributed by atoms with Gasteiger partial charge in [0.2, 0.25) is 0 Å². The van der Waals surface area contributed by atoms with Crippen LogP contribution in [0.2, 0.25) is 0 Å². The SMILES string of the molecule is CCCNC(c1c(Br)cnn1CCN(C)C)C1CCSC1. The molecule has 2 unspecified atom stereocenters. The lowest BCUT2D eigenvalue weighted by Crippen LogP contribution is -2.32. The van der Waals surface area contributed by atoms with Crippen molar-refractivity contribution in [1.82, 2.24) is 20.0 Å². The Morgan fingerprint density at radius 2 is 2.38 bits per heavy atom. The number of nitrogens with one attached hydrogen (secondary N) is 1. The predicted octanol–water partition coefficient (Wildman–Crippen LogP) is 3.00. The Hall–Kier alpha value is -0.0400. The van der Waals surface area contributed by atoms with E-state index in [4.69, 9.17) is 0 Å². The van der Waals surface area contributed by atoms with Crippen molar-refractivity contribution in [2.75, 3.05) is 38.7 Å². The fourth-order valence-corrected chi connectivity index (χ4v) is 4.60. The third-order valence-electron chi connectivity index (χ3n) is 3.94. The van der Waals surface area contributed by atoms with Crippen LogP contribution in [-0.2, 0) is 6.54 Å². The van der Waals surface area contributed by atoms with Gasteiger partial charge in [-0.05, 0) is 66.8 Å². The molecule has 1 saturated heterocycles. The summed E-state index contributed by atoms with van der Waals surface area (Å²) in [5, 5.41) is 8.35. The summed E-state index contributed by atoms with van der Waals surface area (Å²) in [6.45, 7) is 5.25. The average molecular weight is 375 g/mol. The summed E-state index contributed by atoms with van der Waals surface area (Å²) < 4.78 is 3.33. The molecule has 0 aliphatic carbocycles. The van der Waals surface area contributed by atoms with Gasteiger partial charge < -0.3 is 10.2 Å². The van der Waals surface area contributed by atoms with Crippen LogP contribution in [0.4, 0.5) is 0 Å². The van der Waals surface area contributed by atoms with Gasteiger partial charge in [-0.15, -0.1) is 0 Å². The molecule has 1 fully saturated rings. The Balaban J connectivity index is 2.18. The normalized spacial score (nSPS) is 20.3. The van der Waals surface area contributed by atoms with Gasteiger partial charge in [-0.1, -0.05) is 6.92 Å². The molecular weight excluding hydrogens is 348 g/mol. The standard InChI is InChI=1S/C15H27BrN4S/c1-4-6-17-14(12-5-9-21-11-12)15-13(16)10-18-20(15)8-7-19(2)3/h10,12,14,17H,4-9,11H2,1-3H3. The highest BCUT2D eigenvalue weighted by molar-refractivity contribution is 9.10. The first-order valence-electron chi connectivity index (χ1n) is 7.80. The number of likely N-dealkylation sites (N-methyl/N-ethyl adjacent to an activating group) is 1. The molecular formula is C15H27BrN4S. The summed E-state index contributed by atoms with van der Waals surface area (Å²) in [7, 11) is 4.22. The predicted molar refractivity (Wildman–Crippen MR) is 94.9 cm³/mol. The maximum Gasteiger partial charge on any atom is 0.0699 e. The van der Waals surface area contributed by atoms with Crippen LogP contribution in [0.1, 0.15) is 31.5 Å². The van der Waals surface area contributed by atoms with Crippen LogP contribution < -0.4 is 5.32 Å². The van der Waals surface area contributed by atoms with Gasteiger partial charge in [-0.25, -0.2) is 0 Å². The van der Waals surface area contributed by atoms with Crippen LogP contribution in [0, 0.1) is 5.92 Å². The van der Waals surface area contributed by atoms with Crippen molar-refractivity contribution < 1.29 is 0 Å². The van der Waals surface area contributed by atoms with E-state index in [1.54, 1.807) is 0 Å². The molecule has 1 aromatic heterocycles. The Morgan fingerprint density at radius 1 is 1.57 bits per heavy atom. The van der Waals surface area contributed by atoms with Gasteiger partial charge in [-0.3, -0.25) is 4.68 Å². The lowest BCUT2D eigenvalue weighted by molar-refractivity contribution is 0.337. The molecule has 120 valence electrons. The first kappa shape index (κ1) is 17.3. The Kier molecular flexibility index (Phi) is 7.05. The van der Waals surface area contributed by atoms with Gasteiger partial charge in [0.1, 0.15) is 0 Å². The topological polar surface area (TPSA) is 33.1 Å². The number of nitrogens with zero attached hydrogens (tertiary/aromatic N) is 3. The molecule has 2 atom stereocenters. The lowest BCUT2D eigenvalue weighted by Gasteiger charge is -2.26. The van der Waals surface area contributed by atoms with Crippen LogP contribution in [-0.4, -0.2) is 53.4 Å². The maximum absolute atomic E-state index is 4.58. The minimum Gasteiger partial charge on any atom is -0.308 e. The van der Waals surface area contributed by atoms with E-state index >= 15 is 0 Å². The molecule has 0 aromatic carbocycles. The molecule has 0 spiro atoms. The monoisotopic (exact) mass is 374 g/mol. The van der Waals surface area contributed by atoms with Crippen molar-refractivity contribution in [2.24, 2.45) is 5.92 Å². The third-order valence-corrected chi connectivity index (χ3v) is 5.74. The number of hydrogen-bond acceptors (Lipinski definition) is 4. The average Bonchev–Trinajstić information content (AvgIpc) is 3.09. The Labute approximate surface area is 141 Å². The van der Waals surface area contributed by atoms with E-state index in [0.717, 1.165) is 24.1 Å². The van der Waals surface area contributed by atoms with Gasteiger partial charge in [0, 0.05) is 6.54 Å². The molecule has 1 aliphatic heterocycles. The molecule has 21 heavy (non-hydrogen) atoms. The number of rotatable bonds is 8. The van der Waals surface area contributed by atoms with E-state index in [2.05, 4.69) is 68.7 Å². The Bertz CT molecular complexity index is 429. The van der Waals surface area contributed by atoms with Crippen molar-refractivity contribution in [3.8, 4) is 0 Å². The first-order chi connectivity index (χ1) is 10.1. The maximum atomic E-state index is 4.58. The lowest BCUT2D eigenvalue weighted by atomic mass is 9.96. The van der Waals surface area contributed by atoms with Gasteiger partial charge in [0.05, 0.1) is 29.0 Å². The summed E-state index contributed by atoms with van der Waals surface area (Å²) in [6.07, 6.45) is 4.42. The van der Waals surface area contributed by atoms with Crippen molar-refractivity contribution in [3.63, 3.8) is 0 Å². The van der Waals surface area contributed by atoms with Crippen LogP contribution in [0.3, 0.4) is 0 Å². The van der Waals surface area contributed by atoms with E-state index in [9.17, 15) is 0 Å². The van der Waals surface area contributed by atoms with Crippen LogP contribution in [0.25, 0.3) is 0 Å². The summed E-state index contributed by atoms with van der Waals surface area (Å²) >= 11 is 5.80. The zero-order valence-corrected chi connectivity index (χ0v) is 15.7. The number of halogens is 1. The molecule has 1 aliphatic rings. The van der Waals surface area contributed by atoms with Gasteiger partial charge in [-0.2, -0.15) is 16.9 Å². The van der Waals surface area contributed by atoms with E-state index in [1.165, 1.54) is 30.0 Å². The van der Waals surface area contributed by atoms with Gasteiger partial charge in [0.25, 0.3) is 0 Å². The highest BCUT2D eigenvalue weighted by Crippen LogP contribution is 2.36. The molecule has 0 bridgehead atoms. The minimum absolute atomic E-state index is 0.416. The molecule has 0 radical (unpaired) electrons. The quantitative estimate of drug-likeness (QED) is 0.757. The Morgan fingerprint density at radius 3 is 3.00 bits per heavy atom. The second-order valence-corrected chi connectivity index (χ2v) is 7.96. The zero-order valence-electron chi connectivity index (χ0n) is 13.3. The van der Waals surface area contributed by atoms with Crippen molar-refractivity contribution in [1.29, 1.82) is 0 Å². The third kappa shape index (κ3) is 4.71. The summed E-state index contributed by atoms with van der Waals surface area (Å²) in [6, 6.07) is 0.416. The molecule has 1 N–H and O–H groups in total. The molecule has 0 amide bonds. The first-order valence-corrected chi connectivity index (χ1v) is 9.75. The van der Waals surface area contributed by atoms with E-state index < -0.39 is 0 Å². The molecule has 4 nitrogen and oxygen atoms in total. The minimum atomic E-state index is 0.416. The molecule has 2 rings (SSSR count). The van der Waals surface area contributed by atoms with E-state index in [1.807, 2.05) is 6.20 Å². The number of aromatic nitrogens is 2. The van der Waals surface area contributed by atoms with Crippen LogP contribution in [0.15, 0.2) is 10.7 Å². The van der Waals surface area contributed by atoms with Gasteiger partial charge in [0.15, 0.2) is 0 Å². The summed E-state index contributed by atoms with van der Waals surface area (Å²) in [4.78, 5) is 2.21. The van der Waals surface area contributed by atoms with Crippen molar-refractivity contribution in [2.45, 2.75) is 32.4 Å². The highest BCUT2D eigenvalue weighted by Gasteiger charge is 2.30. The molecule has 0 saturated carbocycles. The second kappa shape index (κ2) is 8.56. The van der Waals surface area contributed by atoms with Crippen molar-refractivity contribution >= 4 is 27.7 Å². The molecule has 2 heterocycles. The second-order valence-electron chi connectivity index (χ2n) is 5.96. The summed E-state index contributed by atoms with van der Waals surface area (Å²) in [5.41, 5.74) is 1.33. The fraction of sp³-hybridized carbons (Fsp3) is 0.800. The molecule has 1 aromatic rings. The smallest absolute Gasteiger partial charge is 0.0699 e. The van der Waals surface area contributed by atoms with Crippen LogP contribution in [0.5, 0.6) is 0 Å².